The first-order chi connectivity index (χ1) is 17.2. The van der Waals surface area contributed by atoms with Crippen molar-refractivity contribution < 1.29 is 28.7 Å². The molecule has 0 saturated heterocycles. The molecule has 0 spiro atoms. The lowest BCUT2D eigenvalue weighted by Gasteiger charge is -2.06. The number of esters is 2. The summed E-state index contributed by atoms with van der Waals surface area (Å²) in [5, 5.41) is 14.2. The van der Waals surface area contributed by atoms with Crippen LogP contribution in [0.1, 0.15) is 49.8 Å². The summed E-state index contributed by atoms with van der Waals surface area (Å²) in [6.45, 7) is 5.25. The van der Waals surface area contributed by atoms with Gasteiger partial charge >= 0.3 is 11.9 Å². The van der Waals surface area contributed by atoms with Gasteiger partial charge in [-0.05, 0) is 50.6 Å². The Labute approximate surface area is 223 Å². The number of carbonyl (C=O) groups is 4. The Bertz CT molecular complexity index is 1280. The van der Waals surface area contributed by atoms with Gasteiger partial charge in [0.2, 0.25) is 11.0 Å². The Hall–Kier alpha value is -3.00. The number of thiophene rings is 1. The van der Waals surface area contributed by atoms with Crippen LogP contribution in [0, 0.1) is 6.92 Å². The largest absolute Gasteiger partial charge is 0.462 e. The zero-order valence-corrected chi connectivity index (χ0v) is 22.6. The number of hydrogen-bond donors (Lipinski definition) is 2. The highest BCUT2D eigenvalue weighted by Gasteiger charge is 2.27. The van der Waals surface area contributed by atoms with Crippen LogP contribution < -0.4 is 10.6 Å². The fourth-order valence-electron chi connectivity index (χ4n) is 2.82. The summed E-state index contributed by atoms with van der Waals surface area (Å²) in [5.41, 5.74) is 0.908. The molecule has 2 aromatic heterocycles. The van der Waals surface area contributed by atoms with Crippen LogP contribution in [0.4, 0.5) is 10.1 Å². The van der Waals surface area contributed by atoms with Crippen LogP contribution in [0.25, 0.3) is 0 Å². The lowest BCUT2D eigenvalue weighted by atomic mass is 10.1. The van der Waals surface area contributed by atoms with Crippen LogP contribution in [-0.2, 0) is 14.3 Å². The van der Waals surface area contributed by atoms with Crippen LogP contribution in [0.5, 0.6) is 0 Å². The van der Waals surface area contributed by atoms with E-state index in [-0.39, 0.29) is 45.4 Å². The van der Waals surface area contributed by atoms with E-state index in [2.05, 4.69) is 20.8 Å². The molecule has 0 aliphatic carbocycles. The molecule has 0 aliphatic rings. The fraction of sp³-hybridized carbons (Fsp3) is 0.273. The number of rotatable bonds is 10. The van der Waals surface area contributed by atoms with Gasteiger partial charge in [0.25, 0.3) is 5.91 Å². The van der Waals surface area contributed by atoms with Crippen LogP contribution in [0.15, 0.2) is 28.6 Å². The molecule has 1 aromatic carbocycles. The molecule has 3 aromatic rings. The third-order valence-corrected chi connectivity index (χ3v) is 7.81. The summed E-state index contributed by atoms with van der Waals surface area (Å²) in [6.07, 6.45) is 0. The maximum Gasteiger partial charge on any atom is 0.348 e. The van der Waals surface area contributed by atoms with Crippen molar-refractivity contribution in [1.82, 2.24) is 10.2 Å². The van der Waals surface area contributed by atoms with Gasteiger partial charge in [-0.3, -0.25) is 14.9 Å². The van der Waals surface area contributed by atoms with Gasteiger partial charge in [-0.2, -0.15) is 0 Å². The van der Waals surface area contributed by atoms with Gasteiger partial charge in [0.15, 0.2) is 4.34 Å². The van der Waals surface area contributed by atoms with Gasteiger partial charge in [0.05, 0.1) is 24.5 Å². The van der Waals surface area contributed by atoms with Crippen LogP contribution >= 0.6 is 46.0 Å². The van der Waals surface area contributed by atoms with E-state index in [9.17, 15) is 19.2 Å². The average Bonchev–Trinajstić information content (AvgIpc) is 3.42. The predicted octanol–water partition coefficient (Wildman–Crippen LogP) is 4.90. The number of benzene rings is 1. The monoisotopic (exact) mass is 568 g/mol. The predicted molar refractivity (Wildman–Crippen MR) is 140 cm³/mol. The second-order valence-electron chi connectivity index (χ2n) is 6.87. The van der Waals surface area contributed by atoms with Gasteiger partial charge in [0, 0.05) is 10.6 Å². The van der Waals surface area contributed by atoms with E-state index in [1.807, 2.05) is 0 Å². The highest BCUT2D eigenvalue weighted by atomic mass is 35.5. The van der Waals surface area contributed by atoms with Crippen LogP contribution in [-0.4, -0.2) is 52.9 Å². The number of halogens is 1. The molecular weight excluding hydrogens is 548 g/mol. The van der Waals surface area contributed by atoms with Crippen molar-refractivity contribution in [3.8, 4) is 0 Å². The molecule has 3 rings (SSSR count). The molecule has 36 heavy (non-hydrogen) atoms. The summed E-state index contributed by atoms with van der Waals surface area (Å²) in [7, 11) is 0. The number of carbonyl (C=O) groups excluding carboxylic acids is 4. The molecule has 2 N–H and O–H groups in total. The summed E-state index contributed by atoms with van der Waals surface area (Å²) in [6, 6.07) is 6.38. The highest BCUT2D eigenvalue weighted by molar-refractivity contribution is 8.01. The van der Waals surface area contributed by atoms with Crippen LogP contribution in [0.2, 0.25) is 5.02 Å². The first-order valence-corrected chi connectivity index (χ1v) is 13.5. The quantitative estimate of drug-likeness (QED) is 0.199. The average molecular weight is 569 g/mol. The zero-order valence-electron chi connectivity index (χ0n) is 19.4. The Kier molecular flexibility index (Phi) is 9.81. The summed E-state index contributed by atoms with van der Waals surface area (Å²) in [4.78, 5) is 49.9. The summed E-state index contributed by atoms with van der Waals surface area (Å²) in [5.74, 6) is -2.07. The van der Waals surface area contributed by atoms with Gasteiger partial charge in [-0.15, -0.1) is 21.5 Å². The lowest BCUT2D eigenvalue weighted by molar-refractivity contribution is -0.113. The number of anilines is 2. The molecular formula is C22H21ClN4O6S3. The molecule has 0 atom stereocenters. The normalized spacial score (nSPS) is 10.6. The highest BCUT2D eigenvalue weighted by Crippen LogP contribution is 2.35. The van der Waals surface area contributed by atoms with Crippen molar-refractivity contribution in [2.24, 2.45) is 0 Å². The van der Waals surface area contributed by atoms with Crippen molar-refractivity contribution in [2.45, 2.75) is 25.1 Å². The number of hydrogen-bond acceptors (Lipinski definition) is 11. The third kappa shape index (κ3) is 7.03. The smallest absolute Gasteiger partial charge is 0.348 e. The minimum atomic E-state index is -0.644. The maximum atomic E-state index is 12.6. The van der Waals surface area contributed by atoms with Gasteiger partial charge in [0.1, 0.15) is 9.88 Å². The Morgan fingerprint density at radius 1 is 0.972 bits per heavy atom. The van der Waals surface area contributed by atoms with Crippen LogP contribution in [0.3, 0.4) is 0 Å². The Morgan fingerprint density at radius 2 is 1.64 bits per heavy atom. The number of aromatic nitrogens is 2. The molecule has 2 heterocycles. The summed E-state index contributed by atoms with van der Waals surface area (Å²) >= 11 is 9.00. The van der Waals surface area contributed by atoms with Gasteiger partial charge < -0.3 is 14.8 Å². The molecule has 0 unspecified atom stereocenters. The molecule has 0 bridgehead atoms. The number of nitrogens with zero attached hydrogens (tertiary/aromatic N) is 2. The maximum absolute atomic E-state index is 12.6. The number of amides is 2. The van der Waals surface area contributed by atoms with Crippen molar-refractivity contribution in [2.75, 3.05) is 29.6 Å². The van der Waals surface area contributed by atoms with Crippen molar-refractivity contribution in [3.05, 3.63) is 50.9 Å². The van der Waals surface area contributed by atoms with Crippen molar-refractivity contribution in [1.29, 1.82) is 0 Å². The molecule has 190 valence electrons. The molecule has 0 saturated carbocycles. The first-order valence-electron chi connectivity index (χ1n) is 10.5. The third-order valence-electron chi connectivity index (χ3n) is 4.40. The van der Waals surface area contributed by atoms with Gasteiger partial charge in [-0.1, -0.05) is 34.7 Å². The Morgan fingerprint density at radius 3 is 2.31 bits per heavy atom. The minimum Gasteiger partial charge on any atom is -0.462 e. The molecule has 0 fully saturated rings. The molecule has 0 aliphatic heterocycles. The second kappa shape index (κ2) is 12.8. The van der Waals surface area contributed by atoms with E-state index in [4.69, 9.17) is 21.1 Å². The molecule has 0 radical (unpaired) electrons. The summed E-state index contributed by atoms with van der Waals surface area (Å²) < 4.78 is 10.6. The molecule has 14 heteroatoms. The second-order valence-corrected chi connectivity index (χ2v) is 10.5. The topological polar surface area (TPSA) is 137 Å². The number of ether oxygens (including phenoxy) is 2. The zero-order chi connectivity index (χ0) is 26.2. The molecule has 2 amide bonds. The van der Waals surface area contributed by atoms with E-state index < -0.39 is 17.8 Å². The van der Waals surface area contributed by atoms with E-state index in [0.29, 0.717) is 20.5 Å². The minimum absolute atomic E-state index is 0.0479. The van der Waals surface area contributed by atoms with Gasteiger partial charge in [-0.25, -0.2) is 9.59 Å². The lowest BCUT2D eigenvalue weighted by Crippen LogP contribution is -2.16. The Balaban J connectivity index is 1.64. The fourth-order valence-corrected chi connectivity index (χ4v) is 5.60. The standard InChI is InChI=1S/C22H21ClN4O6S3/c1-4-32-19(30)15-11(3)16(20(31)33-5-2)35-18(15)24-14(28)10-34-22-27-26-21(36-22)25-17(29)12-6-8-13(23)9-7-12/h6-9H,4-5,10H2,1-3H3,(H,24,28)(H,25,26,29). The van der Waals surface area contributed by atoms with Crippen molar-refractivity contribution in [3.63, 3.8) is 0 Å². The molecule has 10 nitrogen and oxygen atoms in total. The number of nitrogens with one attached hydrogen (secondary N) is 2. The first kappa shape index (κ1) is 27.6. The number of thioether (sulfide) groups is 1. The van der Waals surface area contributed by atoms with Crippen molar-refractivity contribution >= 4 is 79.9 Å². The van der Waals surface area contributed by atoms with E-state index in [1.165, 1.54) is 0 Å². The van der Waals surface area contributed by atoms with E-state index in [0.717, 1.165) is 34.4 Å². The van der Waals surface area contributed by atoms with E-state index >= 15 is 0 Å². The SMILES string of the molecule is CCOC(=O)c1sc(NC(=O)CSc2nnc(NC(=O)c3ccc(Cl)cc3)s2)c(C(=O)OCC)c1C. The van der Waals surface area contributed by atoms with E-state index in [1.54, 1.807) is 45.0 Å².